The number of hydrogen-bond donors (Lipinski definition) is 1. The number of carbonyl (C=O) groups excluding carboxylic acids is 3. The van der Waals surface area contributed by atoms with Crippen LogP contribution in [0.25, 0.3) is 0 Å². The molecule has 2 fully saturated rings. The second kappa shape index (κ2) is 11.0. The van der Waals surface area contributed by atoms with E-state index in [4.69, 9.17) is 9.47 Å². The van der Waals surface area contributed by atoms with E-state index < -0.39 is 0 Å². The molecule has 0 aliphatic carbocycles. The van der Waals surface area contributed by atoms with Crippen molar-refractivity contribution in [1.82, 2.24) is 15.1 Å². The summed E-state index contributed by atoms with van der Waals surface area (Å²) < 4.78 is 11.5. The highest BCUT2D eigenvalue weighted by molar-refractivity contribution is 6.03. The van der Waals surface area contributed by atoms with Crippen LogP contribution in [0.5, 0.6) is 5.75 Å². The first-order valence-corrected chi connectivity index (χ1v) is 11.4. The smallest absolute Gasteiger partial charge is 0.320 e. The average Bonchev–Trinajstić information content (AvgIpc) is 2.88. The molecule has 4 rings (SSSR count). The Kier molecular flexibility index (Phi) is 7.57. The minimum Gasteiger partial charge on any atom is -0.489 e. The van der Waals surface area contributed by atoms with Crippen LogP contribution in [0.2, 0.25) is 0 Å². The summed E-state index contributed by atoms with van der Waals surface area (Å²) >= 11 is 0. The Balaban J connectivity index is 1.30. The van der Waals surface area contributed by atoms with Crippen LogP contribution in [-0.4, -0.2) is 79.6 Å². The summed E-state index contributed by atoms with van der Waals surface area (Å²) in [6.07, 6.45) is 1.30. The van der Waals surface area contributed by atoms with E-state index in [2.05, 4.69) is 5.32 Å². The summed E-state index contributed by atoms with van der Waals surface area (Å²) in [6, 6.07) is 16.0. The van der Waals surface area contributed by atoms with Gasteiger partial charge in [-0.05, 0) is 12.1 Å². The van der Waals surface area contributed by atoms with Gasteiger partial charge in [-0.1, -0.05) is 42.5 Å². The highest BCUT2D eigenvalue weighted by Crippen LogP contribution is 2.24. The van der Waals surface area contributed by atoms with Gasteiger partial charge in [0.15, 0.2) is 5.78 Å². The molecule has 1 N–H and O–H groups in total. The molecule has 33 heavy (non-hydrogen) atoms. The number of hydrogen-bond acceptors (Lipinski definition) is 5. The molecule has 2 aliphatic rings. The molecule has 0 saturated carbocycles. The molecule has 0 unspecified atom stereocenters. The minimum atomic E-state index is -0.352. The number of ether oxygens (including phenoxy) is 2. The molecule has 2 aliphatic heterocycles. The first-order chi connectivity index (χ1) is 16.1. The summed E-state index contributed by atoms with van der Waals surface area (Å²) in [5.74, 6) is -0.0189. The Morgan fingerprint density at radius 2 is 1.52 bits per heavy atom. The van der Waals surface area contributed by atoms with Crippen LogP contribution in [0.3, 0.4) is 0 Å². The molecule has 2 saturated heterocycles. The lowest BCUT2D eigenvalue weighted by atomic mass is 10.1. The van der Waals surface area contributed by atoms with Crippen molar-refractivity contribution in [3.05, 3.63) is 65.7 Å². The SMILES string of the molecule is O=C(CNC(=O)c1ccccc1OC1CCN(C(=O)N2CCOCC2)CC1)c1ccccc1. The van der Waals surface area contributed by atoms with Crippen LogP contribution in [0.15, 0.2) is 54.6 Å². The number of para-hydroxylation sites is 1. The number of piperidine rings is 1. The summed E-state index contributed by atoms with van der Waals surface area (Å²) in [5, 5.41) is 2.70. The van der Waals surface area contributed by atoms with Gasteiger partial charge in [0.25, 0.3) is 5.91 Å². The molecule has 2 aromatic rings. The van der Waals surface area contributed by atoms with Crippen molar-refractivity contribution in [2.24, 2.45) is 0 Å². The van der Waals surface area contributed by atoms with Crippen LogP contribution in [0, 0.1) is 0 Å². The maximum absolute atomic E-state index is 12.7. The van der Waals surface area contributed by atoms with Gasteiger partial charge in [-0.3, -0.25) is 9.59 Å². The number of ketones is 1. The van der Waals surface area contributed by atoms with E-state index in [0.717, 1.165) is 0 Å². The van der Waals surface area contributed by atoms with Gasteiger partial charge in [-0.25, -0.2) is 4.79 Å². The molecule has 0 spiro atoms. The number of likely N-dealkylation sites (tertiary alicyclic amines) is 1. The Labute approximate surface area is 193 Å². The normalized spacial score (nSPS) is 16.8. The third-order valence-electron chi connectivity index (χ3n) is 5.92. The van der Waals surface area contributed by atoms with Crippen molar-refractivity contribution in [3.63, 3.8) is 0 Å². The molecule has 0 aromatic heterocycles. The molecule has 2 aromatic carbocycles. The Morgan fingerprint density at radius 1 is 0.879 bits per heavy atom. The lowest BCUT2D eigenvalue weighted by Gasteiger charge is -2.37. The number of benzene rings is 2. The van der Waals surface area contributed by atoms with E-state index in [-0.39, 0.29) is 30.4 Å². The lowest BCUT2D eigenvalue weighted by Crippen LogP contribution is -2.51. The summed E-state index contributed by atoms with van der Waals surface area (Å²) in [7, 11) is 0. The van der Waals surface area contributed by atoms with Gasteiger partial charge in [0.05, 0.1) is 25.3 Å². The Hall–Kier alpha value is -3.39. The molecule has 0 atom stereocenters. The van der Waals surface area contributed by atoms with Crippen molar-refractivity contribution in [2.75, 3.05) is 45.9 Å². The van der Waals surface area contributed by atoms with Crippen molar-refractivity contribution in [1.29, 1.82) is 0 Å². The number of nitrogens with zero attached hydrogens (tertiary/aromatic N) is 2. The van der Waals surface area contributed by atoms with Crippen molar-refractivity contribution in [3.8, 4) is 5.75 Å². The number of rotatable bonds is 6. The van der Waals surface area contributed by atoms with E-state index >= 15 is 0 Å². The van der Waals surface area contributed by atoms with Gasteiger partial charge < -0.3 is 24.6 Å². The van der Waals surface area contributed by atoms with Crippen molar-refractivity contribution >= 4 is 17.7 Å². The number of Topliss-reactive ketones (excluding diaryl/α,β-unsaturated/α-hetero) is 1. The highest BCUT2D eigenvalue weighted by atomic mass is 16.5. The number of morpholine rings is 1. The fourth-order valence-electron chi connectivity index (χ4n) is 4.04. The number of nitrogens with one attached hydrogen (secondary N) is 1. The average molecular weight is 452 g/mol. The zero-order chi connectivity index (χ0) is 23.0. The van der Waals surface area contributed by atoms with Crippen LogP contribution in [0.1, 0.15) is 33.6 Å². The quantitative estimate of drug-likeness (QED) is 0.682. The summed E-state index contributed by atoms with van der Waals surface area (Å²) in [5.41, 5.74) is 0.950. The van der Waals surface area contributed by atoms with Crippen LogP contribution >= 0.6 is 0 Å². The fourth-order valence-corrected chi connectivity index (χ4v) is 4.04. The van der Waals surface area contributed by atoms with Crippen molar-refractivity contribution < 1.29 is 23.9 Å². The summed E-state index contributed by atoms with van der Waals surface area (Å²) in [4.78, 5) is 41.4. The molecule has 8 nitrogen and oxygen atoms in total. The summed E-state index contributed by atoms with van der Waals surface area (Å²) in [6.45, 7) is 3.57. The van der Waals surface area contributed by atoms with Gasteiger partial charge in [0, 0.05) is 44.6 Å². The standard InChI is InChI=1S/C25H29N3O5/c29-22(19-6-2-1-3-7-19)18-26-24(30)21-8-4-5-9-23(21)33-20-10-12-27(13-11-20)25(31)28-14-16-32-17-15-28/h1-9,20H,10-18H2,(H,26,30). The molecule has 174 valence electrons. The zero-order valence-electron chi connectivity index (χ0n) is 18.6. The lowest BCUT2D eigenvalue weighted by molar-refractivity contribution is 0.0360. The number of carbonyl (C=O) groups is 3. The first kappa shape index (κ1) is 22.8. The highest BCUT2D eigenvalue weighted by Gasteiger charge is 2.28. The predicted molar refractivity (Wildman–Crippen MR) is 123 cm³/mol. The van der Waals surface area contributed by atoms with Gasteiger partial charge in [0.1, 0.15) is 11.9 Å². The van der Waals surface area contributed by atoms with E-state index in [0.29, 0.717) is 69.1 Å². The molecule has 8 heteroatoms. The second-order valence-electron chi connectivity index (χ2n) is 8.15. The molecule has 0 bridgehead atoms. The Morgan fingerprint density at radius 3 is 2.24 bits per heavy atom. The number of urea groups is 1. The van der Waals surface area contributed by atoms with E-state index in [1.807, 2.05) is 21.9 Å². The zero-order valence-corrected chi connectivity index (χ0v) is 18.6. The third kappa shape index (κ3) is 5.90. The third-order valence-corrected chi connectivity index (χ3v) is 5.92. The maximum atomic E-state index is 12.7. The maximum Gasteiger partial charge on any atom is 0.320 e. The van der Waals surface area contributed by atoms with Gasteiger partial charge in [0.2, 0.25) is 0 Å². The van der Waals surface area contributed by atoms with Crippen LogP contribution in [0.4, 0.5) is 4.79 Å². The number of amides is 3. The monoisotopic (exact) mass is 451 g/mol. The molecular weight excluding hydrogens is 422 g/mol. The van der Waals surface area contributed by atoms with E-state index in [9.17, 15) is 14.4 Å². The van der Waals surface area contributed by atoms with Gasteiger partial charge in [-0.15, -0.1) is 0 Å². The Bertz CT molecular complexity index is 967. The first-order valence-electron chi connectivity index (χ1n) is 11.4. The molecule has 2 heterocycles. The van der Waals surface area contributed by atoms with Crippen LogP contribution < -0.4 is 10.1 Å². The second-order valence-corrected chi connectivity index (χ2v) is 8.15. The fraction of sp³-hybridized carbons (Fsp3) is 0.400. The van der Waals surface area contributed by atoms with Crippen LogP contribution in [-0.2, 0) is 4.74 Å². The molecule has 3 amide bonds. The predicted octanol–water partition coefficient (Wildman–Crippen LogP) is 2.59. The van der Waals surface area contributed by atoms with E-state index in [1.54, 1.807) is 42.5 Å². The van der Waals surface area contributed by atoms with E-state index in [1.165, 1.54) is 0 Å². The van der Waals surface area contributed by atoms with Crippen molar-refractivity contribution in [2.45, 2.75) is 18.9 Å². The minimum absolute atomic E-state index is 0.0552. The largest absolute Gasteiger partial charge is 0.489 e. The molecule has 0 radical (unpaired) electrons. The molecular formula is C25H29N3O5. The topological polar surface area (TPSA) is 88.2 Å². The van der Waals surface area contributed by atoms with Gasteiger partial charge >= 0.3 is 6.03 Å². The van der Waals surface area contributed by atoms with Gasteiger partial charge in [-0.2, -0.15) is 0 Å².